The first-order chi connectivity index (χ1) is 32.9. The monoisotopic (exact) mass is 1040 g/mol. The van der Waals surface area contributed by atoms with Gasteiger partial charge in [-0.2, -0.15) is 8.42 Å². The highest BCUT2D eigenvalue weighted by Gasteiger charge is 2.72. The molecule has 0 aromatic heterocycles. The van der Waals surface area contributed by atoms with Gasteiger partial charge in [0.2, 0.25) is 6.29 Å². The molecule has 7 fully saturated rings. The number of hydrogen-bond acceptors (Lipinski definition) is 21. The summed E-state index contributed by atoms with van der Waals surface area (Å²) in [4.78, 5) is 15.1. The Bertz CT molecular complexity index is 2090. The van der Waals surface area contributed by atoms with Gasteiger partial charge in [-0.05, 0) is 103 Å². The first-order valence-electron chi connectivity index (χ1n) is 25.1. The van der Waals surface area contributed by atoms with Crippen molar-refractivity contribution in [2.75, 3.05) is 19.8 Å². The largest absolute Gasteiger partial charge is 0.432 e. The number of esters is 1. The molecule has 4 saturated carbocycles. The molecular weight excluding hydrogens is 961 g/mol. The third kappa shape index (κ3) is 9.18. The Hall–Kier alpha value is -1.56. The number of aliphatic hydroxyl groups is 11. The van der Waals surface area contributed by atoms with Crippen molar-refractivity contribution in [3.63, 3.8) is 0 Å². The van der Waals surface area contributed by atoms with Gasteiger partial charge < -0.3 is 84.6 Å². The van der Waals surface area contributed by atoms with Crippen molar-refractivity contribution in [1.29, 1.82) is 0 Å². The fourth-order valence-corrected chi connectivity index (χ4v) is 15.9. The minimum absolute atomic E-state index is 0.0479. The molecule has 0 aromatic rings. The third-order valence-corrected chi connectivity index (χ3v) is 20.0. The maximum atomic E-state index is 15.1. The van der Waals surface area contributed by atoms with Crippen molar-refractivity contribution >= 4 is 16.4 Å². The van der Waals surface area contributed by atoms with Crippen LogP contribution in [0.4, 0.5) is 0 Å². The van der Waals surface area contributed by atoms with Crippen molar-refractivity contribution in [2.24, 2.45) is 50.2 Å². The lowest BCUT2D eigenvalue weighted by Gasteiger charge is -2.71. The summed E-state index contributed by atoms with van der Waals surface area (Å²) in [7, 11) is -4.68. The molecule has 408 valence electrons. The van der Waals surface area contributed by atoms with E-state index in [9.17, 15) is 69.1 Å². The zero-order chi connectivity index (χ0) is 52.3. The fourth-order valence-electron chi connectivity index (χ4n) is 15.2. The summed E-state index contributed by atoms with van der Waals surface area (Å²) in [5, 5.41) is 119. The molecule has 0 bridgehead atoms. The van der Waals surface area contributed by atoms with Crippen LogP contribution in [-0.4, -0.2) is 199 Å². The van der Waals surface area contributed by atoms with Crippen LogP contribution in [0.5, 0.6) is 0 Å². The highest BCUT2D eigenvalue weighted by Crippen LogP contribution is 2.76. The minimum atomic E-state index is -4.68. The van der Waals surface area contributed by atoms with E-state index in [1.165, 1.54) is 0 Å². The summed E-state index contributed by atoms with van der Waals surface area (Å²) in [5.41, 5.74) is -2.59. The van der Waals surface area contributed by atoms with Crippen LogP contribution in [0.1, 0.15) is 106 Å². The van der Waals surface area contributed by atoms with Gasteiger partial charge in [-0.25, -0.2) is 4.18 Å². The number of hydrogen-bond donors (Lipinski definition) is 12. The number of allylic oxidation sites excluding steroid dienone is 2. The average Bonchev–Trinajstić information content (AvgIpc) is 3.28. The number of carbonyl (C=O) groups is 1. The molecule has 22 nitrogen and oxygen atoms in total. The molecule has 0 unspecified atom stereocenters. The van der Waals surface area contributed by atoms with Gasteiger partial charge >= 0.3 is 16.4 Å². The molecule has 71 heavy (non-hydrogen) atoms. The van der Waals surface area contributed by atoms with E-state index in [1.807, 2.05) is 13.8 Å². The van der Waals surface area contributed by atoms with Crippen molar-refractivity contribution < 1.29 is 107 Å². The Labute approximate surface area is 414 Å². The summed E-state index contributed by atoms with van der Waals surface area (Å²) in [6.07, 6.45) is -21.9. The first-order valence-corrected chi connectivity index (χ1v) is 26.4. The van der Waals surface area contributed by atoms with Gasteiger partial charge in [0.1, 0.15) is 78.7 Å². The second-order valence-corrected chi connectivity index (χ2v) is 25.2. The number of ether oxygens (including phenoxy) is 6. The Morgan fingerprint density at radius 1 is 0.676 bits per heavy atom. The van der Waals surface area contributed by atoms with E-state index >= 15 is 4.79 Å². The molecule has 8 rings (SSSR count). The van der Waals surface area contributed by atoms with Crippen LogP contribution in [0.2, 0.25) is 0 Å². The quantitative estimate of drug-likeness (QED) is 0.0666. The average molecular weight is 1040 g/mol. The molecule has 0 amide bonds. The number of carbonyl (C=O) groups excluding carboxylic acids is 1. The second-order valence-electron chi connectivity index (χ2n) is 24.1. The second kappa shape index (κ2) is 19.5. The van der Waals surface area contributed by atoms with E-state index in [2.05, 4.69) is 40.7 Å². The molecule has 3 heterocycles. The lowest BCUT2D eigenvalue weighted by molar-refractivity contribution is -0.372. The molecule has 24 atom stereocenters. The van der Waals surface area contributed by atoms with Crippen LogP contribution < -0.4 is 0 Å². The van der Waals surface area contributed by atoms with Gasteiger partial charge in [0.25, 0.3) is 0 Å². The summed E-state index contributed by atoms with van der Waals surface area (Å²) >= 11 is 0. The van der Waals surface area contributed by atoms with E-state index in [1.54, 1.807) is 0 Å². The van der Waals surface area contributed by atoms with Crippen molar-refractivity contribution in [2.45, 2.75) is 211 Å². The highest BCUT2D eigenvalue weighted by molar-refractivity contribution is 7.80. The Kier molecular flexibility index (Phi) is 15.3. The summed E-state index contributed by atoms with van der Waals surface area (Å²) in [5.74, 6) is -1.24. The van der Waals surface area contributed by atoms with E-state index in [-0.39, 0.29) is 40.9 Å². The topological polar surface area (TPSA) is 359 Å². The molecule has 12 N–H and O–H groups in total. The molecule has 8 aliphatic rings. The SMILES string of the molecule is CC1(C)CC[C@]2(C(=O)O[C@@H]3O[C@H](CO[C@@H]4O[C@H](CO)[C@@H](O)[C@H](O)[C@H]4O[C@@H]4O[C@H](CO)[C@@H](O)[C@H](O)[C@H]4O)[C@@H](O)[C@H](O)[C@H]3O)[C@H](O)C[C@]3(C)C(=CC[C@@H]4[C@@]5(C)CC[C@H](OS(=O)(=O)O)C(C)(C)[C@@H]5CC[C@]43C)[C@@H]2C1. The first kappa shape index (κ1) is 55.7. The summed E-state index contributed by atoms with van der Waals surface area (Å²) in [6.45, 7) is 12.6. The van der Waals surface area contributed by atoms with Crippen LogP contribution in [0.15, 0.2) is 11.6 Å². The minimum Gasteiger partial charge on any atom is -0.432 e. The molecule has 0 aromatic carbocycles. The van der Waals surface area contributed by atoms with E-state index < -0.39 is 163 Å². The van der Waals surface area contributed by atoms with E-state index in [4.69, 9.17) is 32.6 Å². The predicted molar refractivity (Wildman–Crippen MR) is 242 cm³/mol. The fraction of sp³-hybridized carbons (Fsp3) is 0.938. The van der Waals surface area contributed by atoms with E-state index in [0.29, 0.717) is 32.1 Å². The normalized spacial score (nSPS) is 51.7. The molecule has 0 spiro atoms. The van der Waals surface area contributed by atoms with Crippen LogP contribution >= 0.6 is 0 Å². The van der Waals surface area contributed by atoms with Gasteiger partial charge in [0, 0.05) is 0 Å². The van der Waals surface area contributed by atoms with Gasteiger partial charge in [-0.1, -0.05) is 60.1 Å². The van der Waals surface area contributed by atoms with Crippen LogP contribution in [0.25, 0.3) is 0 Å². The smallest absolute Gasteiger partial charge is 0.397 e. The molecule has 3 aliphatic heterocycles. The number of aliphatic hydroxyl groups excluding tert-OH is 11. The predicted octanol–water partition coefficient (Wildman–Crippen LogP) is -1.06. The highest BCUT2D eigenvalue weighted by atomic mass is 32.3. The zero-order valence-electron chi connectivity index (χ0n) is 41.5. The number of fused-ring (bicyclic) bond motifs is 7. The Morgan fingerprint density at radius 2 is 1.25 bits per heavy atom. The van der Waals surface area contributed by atoms with Crippen molar-refractivity contribution in [3.05, 3.63) is 11.6 Å². The standard InChI is InChI=1S/C48H78O22S/c1-43(2)14-15-48(22(16-43)21-8-9-27-45(5)12-11-29(70-71(61,62)63)44(3,4)26(45)10-13-46(27,6)47(21,7)17-28(48)51)42(60)69-40-37(59)34(56)32(54)25(67-40)20-64-41-38(35(57)31(53)24(19-50)66-41)68-39-36(58)33(55)30(52)23(18-49)65-39/h8,22-41,49-59H,9-20H2,1-7H3,(H,61,62,63)/t22-,23+,24+,25+,26-,27+,28+,29-,30+,31+,32+,33-,34-,35-,36+,37+,38+,39-,40-,41+,45-,46+,47+,48+/m0/s1. The molecular formula is C48H78O22S. The maximum absolute atomic E-state index is 15.1. The zero-order valence-corrected chi connectivity index (χ0v) is 42.3. The molecule has 0 radical (unpaired) electrons. The van der Waals surface area contributed by atoms with Gasteiger partial charge in [0.05, 0.1) is 32.0 Å². The lowest BCUT2D eigenvalue weighted by atomic mass is 9.33. The van der Waals surface area contributed by atoms with Crippen LogP contribution in [-0.2, 0) is 47.8 Å². The van der Waals surface area contributed by atoms with Crippen LogP contribution in [0.3, 0.4) is 0 Å². The van der Waals surface area contributed by atoms with Gasteiger partial charge in [-0.15, -0.1) is 0 Å². The van der Waals surface area contributed by atoms with Crippen LogP contribution in [0, 0.1) is 50.2 Å². The van der Waals surface area contributed by atoms with E-state index in [0.717, 1.165) is 18.4 Å². The molecule has 23 heteroatoms. The summed E-state index contributed by atoms with van der Waals surface area (Å²) < 4.78 is 73.5. The van der Waals surface area contributed by atoms with Crippen molar-refractivity contribution in [1.82, 2.24) is 0 Å². The van der Waals surface area contributed by atoms with Gasteiger partial charge in [0.15, 0.2) is 12.6 Å². The number of rotatable bonds is 11. The molecule has 5 aliphatic carbocycles. The molecule has 3 saturated heterocycles. The lowest BCUT2D eigenvalue weighted by Crippen LogP contribution is -2.68. The van der Waals surface area contributed by atoms with Gasteiger partial charge in [-0.3, -0.25) is 9.35 Å². The summed E-state index contributed by atoms with van der Waals surface area (Å²) in [6, 6.07) is 0. The third-order valence-electron chi connectivity index (χ3n) is 19.5. The van der Waals surface area contributed by atoms with Crippen molar-refractivity contribution in [3.8, 4) is 0 Å². The Morgan fingerprint density at radius 3 is 1.87 bits per heavy atom. The Balaban J connectivity index is 1.03. The maximum Gasteiger partial charge on any atom is 0.397 e.